The van der Waals surface area contributed by atoms with Crippen LogP contribution < -0.4 is 0 Å². The first-order valence-corrected chi connectivity index (χ1v) is 9.51. The van der Waals surface area contributed by atoms with Crippen LogP contribution in [0.4, 0.5) is 0 Å². The Hall–Kier alpha value is 1.16. The molecule has 0 nitrogen and oxygen atoms in total. The van der Waals surface area contributed by atoms with Gasteiger partial charge in [-0.05, 0) is 36.8 Å². The van der Waals surface area contributed by atoms with Gasteiger partial charge in [0, 0.05) is 0 Å². The predicted octanol–water partition coefficient (Wildman–Crippen LogP) is 7.60. The molecule has 0 N–H and O–H groups in total. The van der Waals surface area contributed by atoms with Crippen LogP contribution >= 0.6 is 33.2 Å². The Bertz CT molecular complexity index is 178. The molecule has 0 aliphatic carbocycles. The topological polar surface area (TPSA) is 0 Å². The summed E-state index contributed by atoms with van der Waals surface area (Å²) in [5.74, 6) is 0.940. The van der Waals surface area contributed by atoms with E-state index in [2.05, 4.69) is 36.9 Å². The van der Waals surface area contributed by atoms with Gasteiger partial charge in [-0.2, -0.15) is 0 Å². The maximum Gasteiger partial charge on any atom is -0.0122 e. The quantitative estimate of drug-likeness (QED) is 0.215. The van der Waals surface area contributed by atoms with Crippen LogP contribution in [0.1, 0.15) is 105 Å². The van der Waals surface area contributed by atoms with Gasteiger partial charge in [0.15, 0.2) is 0 Å². The third-order valence-electron chi connectivity index (χ3n) is 4.62. The molecule has 0 aromatic carbocycles. The lowest BCUT2D eigenvalue weighted by atomic mass is 9.77. The van der Waals surface area contributed by atoms with E-state index in [0.29, 0.717) is 5.16 Å². The third-order valence-corrected chi connectivity index (χ3v) is 5.67. The van der Waals surface area contributed by atoms with Crippen molar-refractivity contribution in [1.29, 1.82) is 0 Å². The summed E-state index contributed by atoms with van der Waals surface area (Å²) in [6, 6.07) is 0. The molecule has 0 spiro atoms. The summed E-state index contributed by atoms with van der Waals surface area (Å²) in [4.78, 5) is 0. The molecule has 0 fully saturated rings. The molecular weight excluding hydrogens is 374 g/mol. The van der Waals surface area contributed by atoms with E-state index in [4.69, 9.17) is 0 Å². The molecule has 2 heteroatoms. The Morgan fingerprint density at radius 3 is 1.35 bits per heavy atom. The van der Waals surface area contributed by atoms with Crippen LogP contribution in [0, 0.1) is 5.92 Å². The van der Waals surface area contributed by atoms with Gasteiger partial charge in [0.05, 0.1) is 0 Å². The summed E-state index contributed by atoms with van der Waals surface area (Å²) in [5.41, 5.74) is 0. The highest BCUT2D eigenvalue weighted by Gasteiger charge is 2.32. The second-order valence-corrected chi connectivity index (χ2v) is 7.57. The van der Waals surface area contributed by atoms with Gasteiger partial charge < -0.3 is 0 Å². The van der Waals surface area contributed by atoms with Gasteiger partial charge in [-0.25, -0.2) is 0 Å². The Morgan fingerprint density at radius 1 is 0.700 bits per heavy atom. The van der Waals surface area contributed by atoms with E-state index < -0.39 is 0 Å². The second-order valence-electron chi connectivity index (χ2n) is 6.42. The summed E-state index contributed by atoms with van der Waals surface area (Å²) in [6.07, 6.45) is 16.8. The monoisotopic (exact) mass is 414 g/mol. The second kappa shape index (κ2) is 15.1. The van der Waals surface area contributed by atoms with Gasteiger partial charge in [-0.1, -0.05) is 79.1 Å². The molecule has 0 aliphatic heterocycles. The molecule has 1 atom stereocenters. The molecule has 0 aliphatic rings. The summed E-state index contributed by atoms with van der Waals surface area (Å²) in [6.45, 7) is 9.33. The number of hydrogen-bond donors (Lipinski definition) is 0. The van der Waals surface area contributed by atoms with Crippen molar-refractivity contribution >= 4 is 33.2 Å². The highest BCUT2D eigenvalue weighted by molar-refractivity contribution is 14.0. The van der Waals surface area contributed by atoms with E-state index in [0.717, 1.165) is 5.92 Å². The van der Waals surface area contributed by atoms with Crippen molar-refractivity contribution in [2.24, 2.45) is 5.92 Å². The largest absolute Gasteiger partial charge is 0.131 e. The lowest BCUT2D eigenvalue weighted by molar-refractivity contribution is 0.276. The van der Waals surface area contributed by atoms with Gasteiger partial charge in [0.1, 0.15) is 0 Å². The summed E-state index contributed by atoms with van der Waals surface area (Å²) in [7, 11) is 3.32. The molecule has 0 bridgehead atoms. The number of hydrogen-bond acceptors (Lipinski definition) is 0. The van der Waals surface area contributed by atoms with Crippen molar-refractivity contribution in [3.63, 3.8) is 0 Å². The lowest BCUT2D eigenvalue weighted by Gasteiger charge is -2.38. The zero-order valence-corrected chi connectivity index (χ0v) is 18.0. The van der Waals surface area contributed by atoms with E-state index >= 15 is 0 Å². The van der Waals surface area contributed by atoms with E-state index in [-0.39, 0.29) is 24.0 Å². The third kappa shape index (κ3) is 9.98. The summed E-state index contributed by atoms with van der Waals surface area (Å²) < 4.78 is 0. The minimum atomic E-state index is 0. The smallest absolute Gasteiger partial charge is 0.0122 e. The van der Waals surface area contributed by atoms with Crippen LogP contribution in [0.25, 0.3) is 0 Å². The zero-order chi connectivity index (χ0) is 14.6. The predicted molar refractivity (Wildman–Crippen MR) is 109 cm³/mol. The number of unbranched alkanes of at least 4 members (excludes halogenated alkanes) is 4. The number of halogens is 1. The molecule has 0 aromatic heterocycles. The molecule has 0 saturated carbocycles. The first kappa shape index (κ1) is 23.4. The van der Waals surface area contributed by atoms with E-state index in [1.165, 1.54) is 77.0 Å². The molecule has 0 heterocycles. The highest BCUT2D eigenvalue weighted by atomic mass is 127. The van der Waals surface area contributed by atoms with Crippen molar-refractivity contribution < 1.29 is 0 Å². The molecule has 0 aromatic rings. The molecule has 0 rings (SSSR count). The fourth-order valence-electron chi connectivity index (χ4n) is 3.17. The molecular formula is C18H40IP. The average Bonchev–Trinajstić information content (AvgIpc) is 2.43. The Balaban J connectivity index is 0. The number of rotatable bonds is 13. The average molecular weight is 414 g/mol. The minimum Gasteiger partial charge on any atom is -0.131 e. The standard InChI is InChI=1S/C18H39P.HI/c1-5-9-13-17(14-10-6-2)18(19,15-11-7-3)16-12-8-4;/h17H,5-16,19H2,1-4H3;1H. The first-order chi connectivity index (χ1) is 9.14. The SMILES string of the molecule is CCCCC(CCCC)C(P)(CCCC)CCCC.I. The fourth-order valence-corrected chi connectivity index (χ4v) is 3.91. The van der Waals surface area contributed by atoms with Crippen LogP contribution in [0.15, 0.2) is 0 Å². The first-order valence-electron chi connectivity index (χ1n) is 8.93. The maximum atomic E-state index is 3.32. The molecule has 124 valence electrons. The molecule has 20 heavy (non-hydrogen) atoms. The van der Waals surface area contributed by atoms with Gasteiger partial charge in [0.2, 0.25) is 0 Å². The summed E-state index contributed by atoms with van der Waals surface area (Å²) >= 11 is 0. The van der Waals surface area contributed by atoms with Crippen LogP contribution in [0.3, 0.4) is 0 Å². The van der Waals surface area contributed by atoms with Crippen molar-refractivity contribution in [3.8, 4) is 0 Å². The van der Waals surface area contributed by atoms with Crippen molar-refractivity contribution in [1.82, 2.24) is 0 Å². The summed E-state index contributed by atoms with van der Waals surface area (Å²) in [5, 5.41) is 0.538. The van der Waals surface area contributed by atoms with Crippen LogP contribution in [0.5, 0.6) is 0 Å². The Morgan fingerprint density at radius 2 is 1.05 bits per heavy atom. The minimum absolute atomic E-state index is 0. The molecule has 1 unspecified atom stereocenters. The fraction of sp³-hybridized carbons (Fsp3) is 1.00. The normalized spacial score (nSPS) is 11.7. The van der Waals surface area contributed by atoms with Crippen molar-refractivity contribution in [2.45, 2.75) is 110 Å². The van der Waals surface area contributed by atoms with E-state index in [9.17, 15) is 0 Å². The molecule has 0 saturated heterocycles. The van der Waals surface area contributed by atoms with Crippen molar-refractivity contribution in [2.75, 3.05) is 0 Å². The Labute approximate surface area is 148 Å². The van der Waals surface area contributed by atoms with E-state index in [1.807, 2.05) is 0 Å². The van der Waals surface area contributed by atoms with Crippen LogP contribution in [-0.2, 0) is 0 Å². The van der Waals surface area contributed by atoms with Crippen molar-refractivity contribution in [3.05, 3.63) is 0 Å². The van der Waals surface area contributed by atoms with Gasteiger partial charge >= 0.3 is 0 Å². The maximum absolute atomic E-state index is 3.32. The molecule has 0 radical (unpaired) electrons. The van der Waals surface area contributed by atoms with Gasteiger partial charge in [-0.3, -0.25) is 0 Å². The van der Waals surface area contributed by atoms with Gasteiger partial charge in [-0.15, -0.1) is 33.2 Å². The van der Waals surface area contributed by atoms with Crippen LogP contribution in [0.2, 0.25) is 0 Å². The molecule has 0 amide bonds. The van der Waals surface area contributed by atoms with Gasteiger partial charge in [0.25, 0.3) is 0 Å². The van der Waals surface area contributed by atoms with Crippen LogP contribution in [-0.4, -0.2) is 5.16 Å². The highest BCUT2D eigenvalue weighted by Crippen LogP contribution is 2.43. The zero-order valence-electron chi connectivity index (χ0n) is 14.5. The Kier molecular flexibility index (Phi) is 17.7. The van der Waals surface area contributed by atoms with E-state index in [1.54, 1.807) is 0 Å². The lowest BCUT2D eigenvalue weighted by Crippen LogP contribution is -2.32.